The fraction of sp³-hybridized carbons (Fsp3) is 0.462. The first-order valence-electron chi connectivity index (χ1n) is 6.34. The Labute approximate surface area is 125 Å². The van der Waals surface area contributed by atoms with Gasteiger partial charge in [-0.05, 0) is 32.3 Å². The van der Waals surface area contributed by atoms with Crippen LogP contribution in [0.2, 0.25) is 0 Å². The van der Waals surface area contributed by atoms with E-state index in [4.69, 9.17) is 0 Å². The number of hydrogen-bond acceptors (Lipinski definition) is 5. The van der Waals surface area contributed by atoms with Gasteiger partial charge in [0.25, 0.3) is 0 Å². The number of carboxylic acid groups (broad SMARTS) is 1. The lowest BCUT2D eigenvalue weighted by Crippen LogP contribution is -2.23. The van der Waals surface area contributed by atoms with Gasteiger partial charge >= 0.3 is 5.97 Å². The highest BCUT2D eigenvalue weighted by molar-refractivity contribution is 7.89. The number of likely N-dealkylation sites (N-methyl/N-ethyl adjacent to an activating group) is 1. The van der Waals surface area contributed by atoms with E-state index in [9.17, 15) is 18.3 Å². The number of nitrogens with zero attached hydrogens (tertiary/aromatic N) is 2. The largest absolute Gasteiger partial charge is 0.478 e. The summed E-state index contributed by atoms with van der Waals surface area (Å²) in [5.74, 6) is -1.17. The minimum atomic E-state index is -3.65. The summed E-state index contributed by atoms with van der Waals surface area (Å²) in [6, 6.07) is 4.06. The molecule has 1 rings (SSSR count). The van der Waals surface area contributed by atoms with Crippen molar-refractivity contribution in [1.29, 1.82) is 0 Å². The van der Waals surface area contributed by atoms with Crippen LogP contribution in [0.15, 0.2) is 23.1 Å². The zero-order valence-corrected chi connectivity index (χ0v) is 13.4. The monoisotopic (exact) mass is 315 g/mol. The Morgan fingerprint density at radius 2 is 1.86 bits per heavy atom. The lowest BCUT2D eigenvalue weighted by molar-refractivity contribution is 0.0697. The molecule has 2 N–H and O–H groups in total. The first-order valence-corrected chi connectivity index (χ1v) is 7.78. The van der Waals surface area contributed by atoms with E-state index in [1.807, 2.05) is 19.0 Å². The average Bonchev–Trinajstić information content (AvgIpc) is 2.37. The third-order valence-electron chi connectivity index (χ3n) is 2.87. The Bertz CT molecular complexity index is 612. The summed E-state index contributed by atoms with van der Waals surface area (Å²) in [4.78, 5) is 13.2. The smallest absolute Gasteiger partial charge is 0.337 e. The molecule has 0 radical (unpaired) electrons. The van der Waals surface area contributed by atoms with Crippen molar-refractivity contribution in [2.45, 2.75) is 4.90 Å². The molecule has 0 aliphatic rings. The highest BCUT2D eigenvalue weighted by Crippen LogP contribution is 2.22. The van der Waals surface area contributed by atoms with E-state index in [0.717, 1.165) is 10.8 Å². The van der Waals surface area contributed by atoms with Gasteiger partial charge in [0.1, 0.15) is 0 Å². The number of aromatic carboxylic acids is 1. The van der Waals surface area contributed by atoms with E-state index < -0.39 is 16.0 Å². The molecule has 7 nitrogen and oxygen atoms in total. The number of sulfonamides is 1. The molecule has 8 heteroatoms. The average molecular weight is 315 g/mol. The highest BCUT2D eigenvalue weighted by atomic mass is 32.2. The molecule has 0 saturated carbocycles. The van der Waals surface area contributed by atoms with Crippen LogP contribution in [0.25, 0.3) is 0 Å². The van der Waals surface area contributed by atoms with Gasteiger partial charge in [-0.2, -0.15) is 0 Å². The van der Waals surface area contributed by atoms with Crippen LogP contribution in [0.5, 0.6) is 0 Å². The quantitative estimate of drug-likeness (QED) is 0.766. The molecule has 0 spiro atoms. The van der Waals surface area contributed by atoms with Crippen LogP contribution in [0.3, 0.4) is 0 Å². The summed E-state index contributed by atoms with van der Waals surface area (Å²) in [5.41, 5.74) is 0.346. The van der Waals surface area contributed by atoms with E-state index in [1.165, 1.54) is 32.3 Å². The van der Waals surface area contributed by atoms with Crippen molar-refractivity contribution in [3.05, 3.63) is 23.8 Å². The van der Waals surface area contributed by atoms with Crippen molar-refractivity contribution in [3.8, 4) is 0 Å². The summed E-state index contributed by atoms with van der Waals surface area (Å²) in [6.07, 6.45) is 0. The number of anilines is 1. The zero-order valence-electron chi connectivity index (χ0n) is 12.6. The predicted molar refractivity (Wildman–Crippen MR) is 81.3 cm³/mol. The van der Waals surface area contributed by atoms with Gasteiger partial charge in [-0.3, -0.25) is 0 Å². The lowest BCUT2D eigenvalue weighted by atomic mass is 10.2. The second-order valence-electron chi connectivity index (χ2n) is 5.03. The van der Waals surface area contributed by atoms with Crippen molar-refractivity contribution in [2.75, 3.05) is 46.6 Å². The van der Waals surface area contributed by atoms with Gasteiger partial charge < -0.3 is 15.3 Å². The van der Waals surface area contributed by atoms with Gasteiger partial charge in [-0.25, -0.2) is 17.5 Å². The van der Waals surface area contributed by atoms with Crippen LogP contribution in [0.1, 0.15) is 10.4 Å². The molecule has 0 aromatic heterocycles. The molecule has 0 fully saturated rings. The normalized spacial score (nSPS) is 11.9. The van der Waals surface area contributed by atoms with Crippen molar-refractivity contribution in [2.24, 2.45) is 0 Å². The van der Waals surface area contributed by atoms with Crippen molar-refractivity contribution < 1.29 is 18.3 Å². The van der Waals surface area contributed by atoms with Crippen molar-refractivity contribution in [1.82, 2.24) is 9.21 Å². The maximum atomic E-state index is 12.0. The Balaban J connectivity index is 3.11. The SMILES string of the molecule is CN(C)CCNc1ccc(S(=O)(=O)N(C)C)cc1C(=O)O. The zero-order chi connectivity index (χ0) is 16.2. The minimum Gasteiger partial charge on any atom is -0.478 e. The third kappa shape index (κ3) is 4.42. The second-order valence-corrected chi connectivity index (χ2v) is 7.18. The fourth-order valence-corrected chi connectivity index (χ4v) is 2.57. The standard InChI is InChI=1S/C13H21N3O4S/c1-15(2)8-7-14-12-6-5-10(9-11(12)13(17)18)21(19,20)16(3)4/h5-6,9,14H,7-8H2,1-4H3,(H,17,18). The molecule has 1 aromatic rings. The maximum Gasteiger partial charge on any atom is 0.337 e. The van der Waals surface area contributed by atoms with Gasteiger partial charge in [0, 0.05) is 32.9 Å². The van der Waals surface area contributed by atoms with E-state index in [0.29, 0.717) is 12.2 Å². The van der Waals surface area contributed by atoms with Gasteiger partial charge in [0.05, 0.1) is 10.5 Å². The third-order valence-corrected chi connectivity index (χ3v) is 4.69. The first-order chi connectivity index (χ1) is 9.66. The van der Waals surface area contributed by atoms with E-state index in [2.05, 4.69) is 5.32 Å². The van der Waals surface area contributed by atoms with Gasteiger partial charge in [0.2, 0.25) is 10.0 Å². The van der Waals surface area contributed by atoms with E-state index in [-0.39, 0.29) is 10.5 Å². The van der Waals surface area contributed by atoms with Crippen molar-refractivity contribution in [3.63, 3.8) is 0 Å². The molecule has 0 aliphatic heterocycles. The molecule has 0 amide bonds. The summed E-state index contributed by atoms with van der Waals surface area (Å²) >= 11 is 0. The maximum absolute atomic E-state index is 12.0. The molecule has 118 valence electrons. The van der Waals surface area contributed by atoms with Gasteiger partial charge in [0.15, 0.2) is 0 Å². The molecule has 21 heavy (non-hydrogen) atoms. The topological polar surface area (TPSA) is 90.0 Å². The fourth-order valence-electron chi connectivity index (χ4n) is 1.64. The molecule has 0 bridgehead atoms. The number of hydrogen-bond donors (Lipinski definition) is 2. The summed E-state index contributed by atoms with van der Waals surface area (Å²) in [5, 5.41) is 12.2. The molecule has 0 atom stereocenters. The van der Waals surface area contributed by atoms with Crippen LogP contribution >= 0.6 is 0 Å². The van der Waals surface area contributed by atoms with E-state index in [1.54, 1.807) is 0 Å². The van der Waals surface area contributed by atoms with Crippen LogP contribution in [0, 0.1) is 0 Å². The molecule has 0 saturated heterocycles. The van der Waals surface area contributed by atoms with Crippen molar-refractivity contribution >= 4 is 21.7 Å². The Kier molecular flexibility index (Phi) is 5.70. The van der Waals surface area contributed by atoms with Crippen LogP contribution in [-0.4, -0.2) is 70.0 Å². The lowest BCUT2D eigenvalue weighted by Gasteiger charge is -2.15. The molecular formula is C13H21N3O4S. The predicted octanol–water partition coefficient (Wildman–Crippen LogP) is 0.609. The number of carboxylic acids is 1. The van der Waals surface area contributed by atoms with Gasteiger partial charge in [-0.1, -0.05) is 0 Å². The molecule has 1 aromatic carbocycles. The number of benzene rings is 1. The first kappa shape index (κ1) is 17.4. The summed E-state index contributed by atoms with van der Waals surface area (Å²) < 4.78 is 25.1. The van der Waals surface area contributed by atoms with Crippen LogP contribution in [-0.2, 0) is 10.0 Å². The van der Waals surface area contributed by atoms with Gasteiger partial charge in [-0.15, -0.1) is 0 Å². The Morgan fingerprint density at radius 1 is 1.24 bits per heavy atom. The number of nitrogens with one attached hydrogen (secondary N) is 1. The summed E-state index contributed by atoms with van der Waals surface area (Å²) in [7, 11) is 2.97. The Hall–Kier alpha value is -1.64. The molecule has 0 aliphatic carbocycles. The molecule has 0 heterocycles. The van der Waals surface area contributed by atoms with Crippen LogP contribution in [0.4, 0.5) is 5.69 Å². The summed E-state index contributed by atoms with van der Waals surface area (Å²) in [6.45, 7) is 1.30. The second kappa shape index (κ2) is 6.88. The number of carbonyl (C=O) groups is 1. The Morgan fingerprint density at radius 3 is 2.33 bits per heavy atom. The number of rotatable bonds is 7. The van der Waals surface area contributed by atoms with Crippen LogP contribution < -0.4 is 5.32 Å². The minimum absolute atomic E-state index is 0.0388. The van der Waals surface area contributed by atoms with E-state index >= 15 is 0 Å². The highest BCUT2D eigenvalue weighted by Gasteiger charge is 2.20. The molecule has 0 unspecified atom stereocenters. The molecular weight excluding hydrogens is 294 g/mol.